The molecule has 1 aliphatic rings. The molecule has 6 heteroatoms. The van der Waals surface area contributed by atoms with Crippen molar-refractivity contribution < 1.29 is 19.5 Å². The van der Waals surface area contributed by atoms with Crippen molar-refractivity contribution in [1.29, 1.82) is 0 Å². The molecule has 1 aliphatic heterocycles. The van der Waals surface area contributed by atoms with Gasteiger partial charge in [-0.15, -0.1) is 0 Å². The van der Waals surface area contributed by atoms with E-state index in [1.54, 1.807) is 6.92 Å². The van der Waals surface area contributed by atoms with Crippen molar-refractivity contribution in [3.05, 3.63) is 0 Å². The van der Waals surface area contributed by atoms with Crippen molar-refractivity contribution in [2.45, 2.75) is 32.7 Å². The highest BCUT2D eigenvalue weighted by Crippen LogP contribution is 2.17. The maximum absolute atomic E-state index is 11.9. The van der Waals surface area contributed by atoms with Gasteiger partial charge in [0.05, 0.1) is 5.92 Å². The van der Waals surface area contributed by atoms with Gasteiger partial charge in [0, 0.05) is 20.0 Å². The number of aliphatic carboxylic acids is 1. The molecule has 0 bridgehead atoms. The fourth-order valence-electron chi connectivity index (χ4n) is 2.02. The molecule has 0 saturated carbocycles. The van der Waals surface area contributed by atoms with Gasteiger partial charge in [-0.25, -0.2) is 0 Å². The molecular formula is C11H18N2O4. The fourth-order valence-corrected chi connectivity index (χ4v) is 2.02. The normalized spacial score (nSPS) is 21.8. The number of carboxylic acids is 1. The largest absolute Gasteiger partial charge is 0.481 e. The van der Waals surface area contributed by atoms with Crippen LogP contribution >= 0.6 is 0 Å². The summed E-state index contributed by atoms with van der Waals surface area (Å²) >= 11 is 0. The first kappa shape index (κ1) is 13.5. The zero-order valence-electron chi connectivity index (χ0n) is 10.1. The van der Waals surface area contributed by atoms with Crippen LogP contribution in [0.4, 0.5) is 0 Å². The van der Waals surface area contributed by atoms with E-state index in [2.05, 4.69) is 5.32 Å². The fraction of sp³-hybridized carbons (Fsp3) is 0.727. The molecule has 0 aliphatic carbocycles. The second-order valence-electron chi connectivity index (χ2n) is 4.38. The highest BCUT2D eigenvalue weighted by atomic mass is 16.4. The van der Waals surface area contributed by atoms with Gasteiger partial charge in [-0.1, -0.05) is 0 Å². The second-order valence-corrected chi connectivity index (χ2v) is 4.38. The Kier molecular flexibility index (Phi) is 4.48. The second kappa shape index (κ2) is 5.65. The summed E-state index contributed by atoms with van der Waals surface area (Å²) in [6.07, 6.45) is 1.29. The zero-order chi connectivity index (χ0) is 13.0. The first-order valence-corrected chi connectivity index (χ1v) is 5.70. The van der Waals surface area contributed by atoms with Crippen LogP contribution in [0.5, 0.6) is 0 Å². The summed E-state index contributed by atoms with van der Waals surface area (Å²) in [6, 6.07) is -0.597. The van der Waals surface area contributed by atoms with Crippen molar-refractivity contribution in [3.8, 4) is 0 Å². The van der Waals surface area contributed by atoms with Crippen LogP contribution in [-0.2, 0) is 14.4 Å². The molecule has 17 heavy (non-hydrogen) atoms. The summed E-state index contributed by atoms with van der Waals surface area (Å²) < 4.78 is 0. The number of amides is 2. The topological polar surface area (TPSA) is 86.7 Å². The van der Waals surface area contributed by atoms with Crippen molar-refractivity contribution in [2.24, 2.45) is 5.92 Å². The van der Waals surface area contributed by atoms with E-state index in [1.165, 1.54) is 11.8 Å². The lowest BCUT2D eigenvalue weighted by atomic mass is 9.98. The van der Waals surface area contributed by atoms with E-state index in [9.17, 15) is 14.4 Å². The van der Waals surface area contributed by atoms with Crippen LogP contribution in [0.25, 0.3) is 0 Å². The Labute approximate surface area is 100.0 Å². The summed E-state index contributed by atoms with van der Waals surface area (Å²) in [6.45, 7) is 3.75. The van der Waals surface area contributed by atoms with Gasteiger partial charge in [-0.3, -0.25) is 14.4 Å². The highest BCUT2D eigenvalue weighted by molar-refractivity contribution is 5.87. The summed E-state index contributed by atoms with van der Waals surface area (Å²) in [7, 11) is 0. The smallest absolute Gasteiger partial charge is 0.308 e. The van der Waals surface area contributed by atoms with Crippen LogP contribution in [0.15, 0.2) is 0 Å². The quantitative estimate of drug-likeness (QED) is 0.719. The summed E-state index contributed by atoms with van der Waals surface area (Å²) in [5.74, 6) is -1.84. The predicted octanol–water partition coefficient (Wildman–Crippen LogP) is -0.166. The van der Waals surface area contributed by atoms with Crippen LogP contribution in [0.2, 0.25) is 0 Å². The maximum Gasteiger partial charge on any atom is 0.308 e. The monoisotopic (exact) mass is 242 g/mol. The lowest BCUT2D eigenvalue weighted by Crippen LogP contribution is -2.50. The minimum atomic E-state index is -0.866. The Hall–Kier alpha value is -1.59. The summed E-state index contributed by atoms with van der Waals surface area (Å²) in [5, 5.41) is 11.4. The van der Waals surface area contributed by atoms with Gasteiger partial charge in [0.15, 0.2) is 0 Å². The van der Waals surface area contributed by atoms with Crippen LogP contribution in [0.3, 0.4) is 0 Å². The molecule has 2 N–H and O–H groups in total. The molecule has 0 spiro atoms. The van der Waals surface area contributed by atoms with Gasteiger partial charge in [0.2, 0.25) is 11.8 Å². The molecule has 0 radical (unpaired) electrons. The van der Waals surface area contributed by atoms with Gasteiger partial charge in [0.1, 0.15) is 6.04 Å². The molecule has 1 rings (SSSR count). The lowest BCUT2D eigenvalue weighted by molar-refractivity contribution is -0.146. The molecule has 2 atom stereocenters. The zero-order valence-corrected chi connectivity index (χ0v) is 10.1. The van der Waals surface area contributed by atoms with E-state index in [0.29, 0.717) is 19.4 Å². The van der Waals surface area contributed by atoms with Gasteiger partial charge in [-0.05, 0) is 19.8 Å². The molecule has 0 aromatic heterocycles. The molecule has 1 fully saturated rings. The number of likely N-dealkylation sites (tertiary alicyclic amines) is 1. The minimum Gasteiger partial charge on any atom is -0.481 e. The predicted molar refractivity (Wildman–Crippen MR) is 60.2 cm³/mol. The van der Waals surface area contributed by atoms with Crippen molar-refractivity contribution in [3.63, 3.8) is 0 Å². The van der Waals surface area contributed by atoms with Crippen molar-refractivity contribution >= 4 is 17.8 Å². The van der Waals surface area contributed by atoms with Crippen LogP contribution in [0.1, 0.15) is 26.7 Å². The molecule has 1 saturated heterocycles. The van der Waals surface area contributed by atoms with Crippen LogP contribution in [0, 0.1) is 5.92 Å². The Morgan fingerprint density at radius 2 is 2.06 bits per heavy atom. The number of carboxylic acid groups (broad SMARTS) is 1. The van der Waals surface area contributed by atoms with Gasteiger partial charge >= 0.3 is 5.97 Å². The first-order chi connectivity index (χ1) is 7.91. The van der Waals surface area contributed by atoms with E-state index in [-0.39, 0.29) is 18.4 Å². The SMILES string of the molecule is CC(=O)NC(C)C(=O)N1CCCC(C(=O)O)C1. The number of rotatable bonds is 3. The summed E-state index contributed by atoms with van der Waals surface area (Å²) in [5.41, 5.74) is 0. The molecule has 2 amide bonds. The van der Waals surface area contributed by atoms with E-state index >= 15 is 0 Å². The first-order valence-electron chi connectivity index (χ1n) is 5.70. The van der Waals surface area contributed by atoms with Gasteiger partial charge < -0.3 is 15.3 Å². The molecule has 1 heterocycles. The van der Waals surface area contributed by atoms with Crippen molar-refractivity contribution in [2.75, 3.05) is 13.1 Å². The Morgan fingerprint density at radius 3 is 2.59 bits per heavy atom. The Morgan fingerprint density at radius 1 is 1.41 bits per heavy atom. The number of hydrogen-bond donors (Lipinski definition) is 2. The average Bonchev–Trinajstić information content (AvgIpc) is 2.27. The molecule has 6 nitrogen and oxygen atoms in total. The third-order valence-electron chi connectivity index (χ3n) is 2.87. The molecular weight excluding hydrogens is 224 g/mol. The maximum atomic E-state index is 11.9. The van der Waals surface area contributed by atoms with Gasteiger partial charge in [0.25, 0.3) is 0 Å². The molecule has 0 aromatic carbocycles. The Bertz CT molecular complexity index is 329. The number of nitrogens with one attached hydrogen (secondary N) is 1. The third-order valence-corrected chi connectivity index (χ3v) is 2.87. The minimum absolute atomic E-state index is 0.217. The number of nitrogens with zero attached hydrogens (tertiary/aromatic N) is 1. The van der Waals surface area contributed by atoms with Gasteiger partial charge in [-0.2, -0.15) is 0 Å². The number of carbonyl (C=O) groups excluding carboxylic acids is 2. The number of piperidine rings is 1. The van der Waals surface area contributed by atoms with Crippen LogP contribution < -0.4 is 5.32 Å². The molecule has 2 unspecified atom stereocenters. The van der Waals surface area contributed by atoms with E-state index < -0.39 is 17.9 Å². The van der Waals surface area contributed by atoms with Crippen molar-refractivity contribution in [1.82, 2.24) is 10.2 Å². The molecule has 0 aromatic rings. The van der Waals surface area contributed by atoms with E-state index in [4.69, 9.17) is 5.11 Å². The number of carbonyl (C=O) groups is 3. The standard InChI is InChI=1S/C11H18N2O4/c1-7(12-8(2)14)10(15)13-5-3-4-9(6-13)11(16)17/h7,9H,3-6H2,1-2H3,(H,12,14)(H,16,17). The Balaban J connectivity index is 2.57. The highest BCUT2D eigenvalue weighted by Gasteiger charge is 2.30. The van der Waals surface area contributed by atoms with E-state index in [1.807, 2.05) is 0 Å². The third kappa shape index (κ3) is 3.72. The average molecular weight is 242 g/mol. The van der Waals surface area contributed by atoms with E-state index in [0.717, 1.165) is 0 Å². The lowest BCUT2D eigenvalue weighted by Gasteiger charge is -2.32. The van der Waals surface area contributed by atoms with Crippen LogP contribution in [-0.4, -0.2) is 46.9 Å². The summed E-state index contributed by atoms with van der Waals surface area (Å²) in [4.78, 5) is 35.1. The molecule has 96 valence electrons. The number of hydrogen-bond acceptors (Lipinski definition) is 3.